The maximum absolute atomic E-state index is 13.5. The number of hydrogen-bond donors (Lipinski definition) is 0. The molecule has 94 valence electrons. The number of carbonyl (C=O) groups excluding carboxylic acids is 1. The Balaban J connectivity index is 2.20. The van der Waals surface area contributed by atoms with Crippen LogP contribution in [0.1, 0.15) is 21.5 Å². The van der Waals surface area contributed by atoms with Crippen LogP contribution < -0.4 is 4.74 Å². The number of ether oxygens (including phenoxy) is 1. The summed E-state index contributed by atoms with van der Waals surface area (Å²) in [6.07, 6.45) is 0. The molecule has 0 bridgehead atoms. The second-order valence-corrected chi connectivity index (χ2v) is 4.01. The number of nitrogens with zero attached hydrogens (tertiary/aromatic N) is 1. The fourth-order valence-electron chi connectivity index (χ4n) is 1.50. The minimum Gasteiger partial charge on any atom is -0.420 e. The summed E-state index contributed by atoms with van der Waals surface area (Å²) in [6.45, 7) is 1.90. The number of aryl methyl sites for hydroxylation is 1. The van der Waals surface area contributed by atoms with Gasteiger partial charge in [0, 0.05) is 0 Å². The third-order valence-corrected chi connectivity index (χ3v) is 2.55. The van der Waals surface area contributed by atoms with Crippen LogP contribution in [0.2, 0.25) is 0 Å². The van der Waals surface area contributed by atoms with Gasteiger partial charge in [-0.25, -0.2) is 9.18 Å². The highest BCUT2D eigenvalue weighted by atomic mass is 19.1. The second kappa shape index (κ2) is 5.32. The SMILES string of the molecule is Cc1ccc(C(=O)Oc2ccc(C#N)cc2F)cc1. The molecule has 0 N–H and O–H groups in total. The molecule has 0 spiro atoms. The highest BCUT2D eigenvalue weighted by Crippen LogP contribution is 2.19. The molecule has 2 rings (SSSR count). The molecular weight excluding hydrogens is 245 g/mol. The van der Waals surface area contributed by atoms with Gasteiger partial charge in [-0.15, -0.1) is 0 Å². The van der Waals surface area contributed by atoms with E-state index in [4.69, 9.17) is 10.00 Å². The van der Waals surface area contributed by atoms with Crippen molar-refractivity contribution in [3.8, 4) is 11.8 Å². The molecule has 3 nitrogen and oxygen atoms in total. The second-order valence-electron chi connectivity index (χ2n) is 4.01. The van der Waals surface area contributed by atoms with E-state index in [1.807, 2.05) is 6.92 Å². The van der Waals surface area contributed by atoms with Gasteiger partial charge in [0.25, 0.3) is 0 Å². The molecule has 0 fully saturated rings. The summed E-state index contributed by atoms with van der Waals surface area (Å²) in [5.74, 6) is -1.56. The number of esters is 1. The first kappa shape index (κ1) is 12.8. The summed E-state index contributed by atoms with van der Waals surface area (Å²) in [4.78, 5) is 11.8. The summed E-state index contributed by atoms with van der Waals surface area (Å²) in [5.41, 5.74) is 1.53. The van der Waals surface area contributed by atoms with Gasteiger partial charge in [-0.05, 0) is 37.3 Å². The van der Waals surface area contributed by atoms with Gasteiger partial charge in [-0.1, -0.05) is 17.7 Å². The quantitative estimate of drug-likeness (QED) is 0.611. The maximum atomic E-state index is 13.5. The van der Waals surface area contributed by atoms with E-state index in [0.717, 1.165) is 11.6 Å². The molecule has 0 aliphatic carbocycles. The predicted octanol–water partition coefficient (Wildman–Crippen LogP) is 3.23. The van der Waals surface area contributed by atoms with E-state index in [1.165, 1.54) is 12.1 Å². The molecule has 0 unspecified atom stereocenters. The highest BCUT2D eigenvalue weighted by molar-refractivity contribution is 5.91. The molecule has 0 aliphatic rings. The van der Waals surface area contributed by atoms with Gasteiger partial charge in [-0.2, -0.15) is 5.26 Å². The first-order valence-electron chi connectivity index (χ1n) is 5.58. The molecule has 0 amide bonds. The van der Waals surface area contributed by atoms with Crippen molar-refractivity contribution in [3.05, 3.63) is 65.0 Å². The van der Waals surface area contributed by atoms with E-state index in [2.05, 4.69) is 0 Å². The van der Waals surface area contributed by atoms with E-state index in [0.29, 0.717) is 5.56 Å². The van der Waals surface area contributed by atoms with Crippen molar-refractivity contribution in [3.63, 3.8) is 0 Å². The smallest absolute Gasteiger partial charge is 0.343 e. The first-order chi connectivity index (χ1) is 9.10. The van der Waals surface area contributed by atoms with Crippen LogP contribution in [0.15, 0.2) is 42.5 Å². The molecule has 0 radical (unpaired) electrons. The summed E-state index contributed by atoms with van der Waals surface area (Å²) in [6, 6.07) is 12.2. The fourth-order valence-corrected chi connectivity index (χ4v) is 1.50. The largest absolute Gasteiger partial charge is 0.420 e. The van der Waals surface area contributed by atoms with Crippen molar-refractivity contribution in [1.29, 1.82) is 5.26 Å². The van der Waals surface area contributed by atoms with Crippen LogP contribution in [0.25, 0.3) is 0 Å². The minimum absolute atomic E-state index is 0.174. The van der Waals surface area contributed by atoms with Gasteiger partial charge in [-0.3, -0.25) is 0 Å². The standard InChI is InChI=1S/C15H10FNO2/c1-10-2-5-12(6-3-10)15(18)19-14-7-4-11(9-17)8-13(14)16/h2-8H,1H3. The van der Waals surface area contributed by atoms with Crippen LogP contribution in [-0.4, -0.2) is 5.97 Å². The lowest BCUT2D eigenvalue weighted by Crippen LogP contribution is -2.09. The van der Waals surface area contributed by atoms with Crippen molar-refractivity contribution in [2.24, 2.45) is 0 Å². The molecule has 19 heavy (non-hydrogen) atoms. The summed E-state index contributed by atoms with van der Waals surface area (Å²) < 4.78 is 18.5. The molecule has 2 aromatic carbocycles. The number of carbonyl (C=O) groups is 1. The third kappa shape index (κ3) is 2.96. The lowest BCUT2D eigenvalue weighted by Gasteiger charge is -2.05. The van der Waals surface area contributed by atoms with Crippen LogP contribution in [-0.2, 0) is 0 Å². The Morgan fingerprint density at radius 1 is 1.21 bits per heavy atom. The average Bonchev–Trinajstić information content (AvgIpc) is 2.41. The Kier molecular flexibility index (Phi) is 3.58. The van der Waals surface area contributed by atoms with E-state index >= 15 is 0 Å². The van der Waals surface area contributed by atoms with E-state index in [9.17, 15) is 9.18 Å². The number of halogens is 1. The lowest BCUT2D eigenvalue weighted by atomic mass is 10.1. The number of benzene rings is 2. The van der Waals surface area contributed by atoms with Gasteiger partial charge in [0.15, 0.2) is 11.6 Å². The summed E-state index contributed by atoms with van der Waals surface area (Å²) >= 11 is 0. The lowest BCUT2D eigenvalue weighted by molar-refractivity contribution is 0.0728. The number of hydrogen-bond acceptors (Lipinski definition) is 3. The van der Waals surface area contributed by atoms with Crippen LogP contribution >= 0.6 is 0 Å². The van der Waals surface area contributed by atoms with Crippen LogP contribution in [0.4, 0.5) is 4.39 Å². The number of rotatable bonds is 2. The number of nitriles is 1. The van der Waals surface area contributed by atoms with Crippen molar-refractivity contribution in [2.75, 3.05) is 0 Å². The zero-order valence-corrected chi connectivity index (χ0v) is 10.2. The third-order valence-electron chi connectivity index (χ3n) is 2.55. The van der Waals surface area contributed by atoms with Crippen molar-refractivity contribution < 1.29 is 13.9 Å². The van der Waals surface area contributed by atoms with Gasteiger partial charge in [0.1, 0.15) is 0 Å². The average molecular weight is 255 g/mol. The van der Waals surface area contributed by atoms with Crippen LogP contribution in [0.5, 0.6) is 5.75 Å². The summed E-state index contributed by atoms with van der Waals surface area (Å²) in [5, 5.41) is 8.61. The predicted molar refractivity (Wildman–Crippen MR) is 67.3 cm³/mol. The molecule has 0 aliphatic heterocycles. The molecule has 0 atom stereocenters. The Labute approximate surface area is 109 Å². The van der Waals surface area contributed by atoms with E-state index in [-0.39, 0.29) is 11.3 Å². The summed E-state index contributed by atoms with van der Waals surface area (Å²) in [7, 11) is 0. The molecular formula is C15H10FNO2. The van der Waals surface area contributed by atoms with E-state index in [1.54, 1.807) is 30.3 Å². The van der Waals surface area contributed by atoms with Crippen LogP contribution in [0.3, 0.4) is 0 Å². The zero-order valence-electron chi connectivity index (χ0n) is 10.2. The molecule has 2 aromatic rings. The van der Waals surface area contributed by atoms with Gasteiger partial charge >= 0.3 is 5.97 Å². The fraction of sp³-hybridized carbons (Fsp3) is 0.0667. The Morgan fingerprint density at radius 2 is 1.89 bits per heavy atom. The Hall–Kier alpha value is -2.67. The van der Waals surface area contributed by atoms with Crippen LogP contribution in [0, 0.1) is 24.1 Å². The molecule has 0 aromatic heterocycles. The normalized spacial score (nSPS) is 9.74. The zero-order chi connectivity index (χ0) is 13.8. The maximum Gasteiger partial charge on any atom is 0.343 e. The Bertz CT molecular complexity index is 657. The monoisotopic (exact) mass is 255 g/mol. The Morgan fingerprint density at radius 3 is 2.47 bits per heavy atom. The van der Waals surface area contributed by atoms with Gasteiger partial charge in [0.05, 0.1) is 17.2 Å². The molecule has 4 heteroatoms. The highest BCUT2D eigenvalue weighted by Gasteiger charge is 2.12. The molecule has 0 heterocycles. The van der Waals surface area contributed by atoms with Gasteiger partial charge in [0.2, 0.25) is 0 Å². The van der Waals surface area contributed by atoms with E-state index < -0.39 is 11.8 Å². The van der Waals surface area contributed by atoms with Crippen molar-refractivity contribution in [1.82, 2.24) is 0 Å². The molecule has 0 saturated heterocycles. The van der Waals surface area contributed by atoms with Gasteiger partial charge < -0.3 is 4.74 Å². The van der Waals surface area contributed by atoms with Crippen molar-refractivity contribution in [2.45, 2.75) is 6.92 Å². The minimum atomic E-state index is -0.737. The van der Waals surface area contributed by atoms with Crippen molar-refractivity contribution >= 4 is 5.97 Å². The first-order valence-corrected chi connectivity index (χ1v) is 5.58. The molecule has 0 saturated carbocycles. The topological polar surface area (TPSA) is 50.1 Å².